The number of rotatable bonds is 8. The van der Waals surface area contributed by atoms with Crippen LogP contribution in [0, 0.1) is 0 Å². The van der Waals surface area contributed by atoms with Crippen LogP contribution in [0.1, 0.15) is 40.5 Å². The molecule has 4 nitrogen and oxygen atoms in total. The van der Waals surface area contributed by atoms with E-state index < -0.39 is 0 Å². The first-order chi connectivity index (χ1) is 7.52. The maximum atomic E-state index is 11.8. The number of hydrogen-bond donors (Lipinski definition) is 2. The topological polar surface area (TPSA) is 58.4 Å². The maximum Gasteiger partial charge on any atom is 0.237 e. The quantitative estimate of drug-likeness (QED) is 0.652. The van der Waals surface area contributed by atoms with E-state index in [1.54, 1.807) is 0 Å². The molecule has 0 aromatic carbocycles. The van der Waals surface area contributed by atoms with Gasteiger partial charge in [-0.2, -0.15) is 0 Å². The van der Waals surface area contributed by atoms with Crippen molar-refractivity contribution in [3.8, 4) is 0 Å². The lowest BCUT2D eigenvalue weighted by Gasteiger charge is -2.28. The van der Waals surface area contributed by atoms with Gasteiger partial charge in [-0.25, -0.2) is 0 Å². The molecule has 1 unspecified atom stereocenters. The van der Waals surface area contributed by atoms with Gasteiger partial charge >= 0.3 is 0 Å². The van der Waals surface area contributed by atoms with E-state index in [1.165, 1.54) is 0 Å². The highest BCUT2D eigenvalue weighted by molar-refractivity contribution is 5.81. The van der Waals surface area contributed by atoms with Gasteiger partial charge in [-0.3, -0.25) is 9.69 Å². The van der Waals surface area contributed by atoms with E-state index >= 15 is 0 Å². The minimum Gasteiger partial charge on any atom is -0.353 e. The lowest BCUT2D eigenvalue weighted by molar-refractivity contribution is -0.126. The summed E-state index contributed by atoms with van der Waals surface area (Å²) in [5.41, 5.74) is 5.50. The smallest absolute Gasteiger partial charge is 0.237 e. The van der Waals surface area contributed by atoms with Gasteiger partial charge in [0.15, 0.2) is 0 Å². The number of amides is 1. The molecule has 16 heavy (non-hydrogen) atoms. The van der Waals surface area contributed by atoms with E-state index in [0.29, 0.717) is 6.54 Å². The first-order valence-electron chi connectivity index (χ1n) is 6.27. The molecule has 0 aliphatic heterocycles. The highest BCUT2D eigenvalue weighted by atomic mass is 16.2. The molecule has 0 radical (unpaired) electrons. The summed E-state index contributed by atoms with van der Waals surface area (Å²) in [7, 11) is 0. The van der Waals surface area contributed by atoms with Gasteiger partial charge in [0.05, 0.1) is 6.04 Å². The molecule has 96 valence electrons. The van der Waals surface area contributed by atoms with Gasteiger partial charge in [0.2, 0.25) is 5.91 Å². The summed E-state index contributed by atoms with van der Waals surface area (Å²) in [6.07, 6.45) is 2.00. The van der Waals surface area contributed by atoms with Crippen LogP contribution in [0.4, 0.5) is 0 Å². The molecule has 0 heterocycles. The van der Waals surface area contributed by atoms with Crippen molar-refractivity contribution >= 4 is 5.91 Å². The number of hydrogen-bond acceptors (Lipinski definition) is 3. The molecule has 4 heteroatoms. The second-order valence-corrected chi connectivity index (χ2v) is 4.52. The summed E-state index contributed by atoms with van der Waals surface area (Å²) in [4.78, 5) is 14.0. The molecular formula is C12H27N3O. The zero-order valence-electron chi connectivity index (χ0n) is 11.1. The van der Waals surface area contributed by atoms with Crippen molar-refractivity contribution in [2.24, 2.45) is 5.73 Å². The van der Waals surface area contributed by atoms with Gasteiger partial charge in [-0.1, -0.05) is 6.92 Å². The Morgan fingerprint density at radius 1 is 1.31 bits per heavy atom. The fourth-order valence-corrected chi connectivity index (χ4v) is 1.65. The van der Waals surface area contributed by atoms with E-state index in [9.17, 15) is 4.79 Å². The Balaban J connectivity index is 4.23. The zero-order chi connectivity index (χ0) is 12.6. The van der Waals surface area contributed by atoms with Gasteiger partial charge in [-0.05, 0) is 46.7 Å². The largest absolute Gasteiger partial charge is 0.353 e. The zero-order valence-corrected chi connectivity index (χ0v) is 11.1. The van der Waals surface area contributed by atoms with Crippen molar-refractivity contribution in [3.63, 3.8) is 0 Å². The van der Waals surface area contributed by atoms with Gasteiger partial charge in [0.1, 0.15) is 0 Å². The number of nitrogens with one attached hydrogen (secondary N) is 1. The fourth-order valence-electron chi connectivity index (χ4n) is 1.65. The predicted molar refractivity (Wildman–Crippen MR) is 68.3 cm³/mol. The average molecular weight is 229 g/mol. The minimum absolute atomic E-state index is 0.0612. The number of nitrogens with two attached hydrogens (primary N) is 1. The van der Waals surface area contributed by atoms with E-state index in [-0.39, 0.29) is 18.0 Å². The Morgan fingerprint density at radius 2 is 1.94 bits per heavy atom. The molecule has 0 spiro atoms. The molecule has 0 aromatic rings. The van der Waals surface area contributed by atoms with Crippen LogP contribution in [0.3, 0.4) is 0 Å². The van der Waals surface area contributed by atoms with Gasteiger partial charge in [0.25, 0.3) is 0 Å². The van der Waals surface area contributed by atoms with Crippen LogP contribution in [0.15, 0.2) is 0 Å². The van der Waals surface area contributed by atoms with Crippen LogP contribution in [0.25, 0.3) is 0 Å². The first kappa shape index (κ1) is 15.4. The van der Waals surface area contributed by atoms with Crippen LogP contribution in [-0.2, 0) is 4.79 Å². The third kappa shape index (κ3) is 6.08. The minimum atomic E-state index is -0.0612. The van der Waals surface area contributed by atoms with E-state index in [0.717, 1.165) is 25.9 Å². The molecule has 1 atom stereocenters. The number of carbonyl (C=O) groups is 1. The standard InChI is InChI=1S/C12H27N3O/c1-5-8-15(9-6-7-13)11(4)12(16)14-10(2)3/h10-11H,5-9,13H2,1-4H3,(H,14,16). The summed E-state index contributed by atoms with van der Waals surface area (Å²) < 4.78 is 0. The van der Waals surface area contributed by atoms with Crippen molar-refractivity contribution in [1.29, 1.82) is 0 Å². The van der Waals surface area contributed by atoms with Crippen LogP contribution in [0.2, 0.25) is 0 Å². The van der Waals surface area contributed by atoms with Crippen molar-refractivity contribution in [1.82, 2.24) is 10.2 Å². The van der Waals surface area contributed by atoms with Crippen LogP contribution in [-0.4, -0.2) is 42.5 Å². The highest BCUT2D eigenvalue weighted by Gasteiger charge is 2.20. The average Bonchev–Trinajstić information content (AvgIpc) is 2.22. The molecule has 0 aliphatic carbocycles. The first-order valence-corrected chi connectivity index (χ1v) is 6.27. The second kappa shape index (κ2) is 8.53. The molecular weight excluding hydrogens is 202 g/mol. The summed E-state index contributed by atoms with van der Waals surface area (Å²) in [6, 6.07) is 0.141. The number of carbonyl (C=O) groups excluding carboxylic acids is 1. The molecule has 0 fully saturated rings. The second-order valence-electron chi connectivity index (χ2n) is 4.52. The summed E-state index contributed by atoms with van der Waals surface area (Å²) in [5.74, 6) is 0.112. The Hall–Kier alpha value is -0.610. The predicted octanol–water partition coefficient (Wildman–Crippen LogP) is 0.960. The summed E-state index contributed by atoms with van der Waals surface area (Å²) in [5, 5.41) is 2.95. The molecule has 0 saturated carbocycles. The van der Waals surface area contributed by atoms with Gasteiger partial charge < -0.3 is 11.1 Å². The highest BCUT2D eigenvalue weighted by Crippen LogP contribution is 2.02. The Kier molecular flexibility index (Phi) is 8.21. The third-order valence-corrected chi connectivity index (χ3v) is 2.52. The van der Waals surface area contributed by atoms with Gasteiger partial charge in [-0.15, -0.1) is 0 Å². The molecule has 0 saturated heterocycles. The monoisotopic (exact) mass is 229 g/mol. The fraction of sp³-hybridized carbons (Fsp3) is 0.917. The van der Waals surface area contributed by atoms with Gasteiger partial charge in [0, 0.05) is 12.6 Å². The Morgan fingerprint density at radius 3 is 2.38 bits per heavy atom. The van der Waals surface area contributed by atoms with E-state index in [2.05, 4.69) is 17.1 Å². The third-order valence-electron chi connectivity index (χ3n) is 2.52. The Bertz CT molecular complexity index is 195. The van der Waals surface area contributed by atoms with Crippen LogP contribution < -0.4 is 11.1 Å². The Labute approximate surface area is 99.6 Å². The lowest BCUT2D eigenvalue weighted by atomic mass is 10.2. The SMILES string of the molecule is CCCN(CCCN)C(C)C(=O)NC(C)C. The van der Waals surface area contributed by atoms with Crippen molar-refractivity contribution < 1.29 is 4.79 Å². The van der Waals surface area contributed by atoms with E-state index in [4.69, 9.17) is 5.73 Å². The maximum absolute atomic E-state index is 11.8. The normalized spacial score (nSPS) is 13.2. The molecule has 0 aromatic heterocycles. The van der Waals surface area contributed by atoms with Crippen molar-refractivity contribution in [2.45, 2.75) is 52.6 Å². The van der Waals surface area contributed by atoms with Crippen LogP contribution in [0.5, 0.6) is 0 Å². The van der Waals surface area contributed by atoms with Crippen molar-refractivity contribution in [2.75, 3.05) is 19.6 Å². The molecule has 0 aliphatic rings. The van der Waals surface area contributed by atoms with Crippen molar-refractivity contribution in [3.05, 3.63) is 0 Å². The summed E-state index contributed by atoms with van der Waals surface area (Å²) in [6.45, 7) is 10.6. The molecule has 3 N–H and O–H groups in total. The molecule has 0 rings (SSSR count). The summed E-state index contributed by atoms with van der Waals surface area (Å²) >= 11 is 0. The van der Waals surface area contributed by atoms with E-state index in [1.807, 2.05) is 20.8 Å². The molecule has 0 bridgehead atoms. The lowest BCUT2D eigenvalue weighted by Crippen LogP contribution is -2.47. The van der Waals surface area contributed by atoms with Crippen LogP contribution >= 0.6 is 0 Å². The molecule has 1 amide bonds. The number of nitrogens with zero attached hydrogens (tertiary/aromatic N) is 1.